The molecule has 1 unspecified atom stereocenters. The van der Waals surface area contributed by atoms with Crippen LogP contribution in [0.2, 0.25) is 0 Å². The van der Waals surface area contributed by atoms with Gasteiger partial charge in [-0.1, -0.05) is 0 Å². The first kappa shape index (κ1) is 13.8. The van der Waals surface area contributed by atoms with Gasteiger partial charge >= 0.3 is 15.2 Å². The molecule has 14 heavy (non-hydrogen) atoms. The Morgan fingerprint density at radius 3 is 1.86 bits per heavy atom. The van der Waals surface area contributed by atoms with E-state index in [-0.39, 0.29) is 13.2 Å². The van der Waals surface area contributed by atoms with E-state index in [0.717, 1.165) is 0 Å². The molecule has 0 saturated heterocycles. The van der Waals surface area contributed by atoms with Gasteiger partial charge in [0, 0.05) is 13.2 Å². The number of hydrogen-bond donors (Lipinski definition) is 2. The summed E-state index contributed by atoms with van der Waals surface area (Å²) in [6, 6.07) is -0.989. The van der Waals surface area contributed by atoms with E-state index in [1.807, 2.05) is 0 Å². The molecule has 6 nitrogen and oxygen atoms in total. The van der Waals surface area contributed by atoms with E-state index in [2.05, 4.69) is 0 Å². The van der Waals surface area contributed by atoms with E-state index in [0.29, 0.717) is 0 Å². The number of ether oxygens (including phenoxy) is 2. The molecule has 0 aliphatic rings. The zero-order chi connectivity index (χ0) is 11.4. The van der Waals surface area contributed by atoms with Gasteiger partial charge in [-0.25, -0.2) is 0 Å². The molecule has 3 N–H and O–H groups in total. The summed E-state index contributed by atoms with van der Waals surface area (Å²) in [5, 5.41) is -2.16. The second-order valence-corrected chi connectivity index (χ2v) is 4.25. The minimum atomic E-state index is -4.52. The van der Waals surface area contributed by atoms with E-state index in [1.54, 1.807) is 13.8 Å². The molecule has 0 aliphatic carbocycles. The van der Waals surface area contributed by atoms with Gasteiger partial charge in [0.05, 0.1) is 6.04 Å². The van der Waals surface area contributed by atoms with Gasteiger partial charge in [-0.2, -0.15) is 8.42 Å². The highest BCUT2D eigenvalue weighted by Gasteiger charge is 2.49. The second kappa shape index (κ2) is 5.04. The maximum absolute atomic E-state index is 11.1. The molecule has 0 aromatic carbocycles. The molecule has 0 spiro atoms. The van der Waals surface area contributed by atoms with E-state index < -0.39 is 21.3 Å². The predicted molar refractivity (Wildman–Crippen MR) is 51.2 cm³/mol. The lowest BCUT2D eigenvalue weighted by Crippen LogP contribution is -2.56. The van der Waals surface area contributed by atoms with Crippen molar-refractivity contribution in [2.24, 2.45) is 5.73 Å². The summed E-state index contributed by atoms with van der Waals surface area (Å²) in [7, 11) is -4.52. The van der Waals surface area contributed by atoms with Gasteiger partial charge < -0.3 is 15.2 Å². The summed E-state index contributed by atoms with van der Waals surface area (Å²) in [6.45, 7) is 4.70. The van der Waals surface area contributed by atoms with Crippen LogP contribution >= 0.6 is 0 Å². The summed E-state index contributed by atoms with van der Waals surface area (Å²) >= 11 is 0. The molecule has 0 heterocycles. The Hall–Kier alpha value is -0.210. The smallest absolute Gasteiger partial charge is 0.323 e. The zero-order valence-electron chi connectivity index (χ0n) is 8.56. The van der Waals surface area contributed by atoms with Crippen molar-refractivity contribution in [2.45, 2.75) is 31.9 Å². The summed E-state index contributed by atoms with van der Waals surface area (Å²) in [4.78, 5) is 0. The Morgan fingerprint density at radius 1 is 1.36 bits per heavy atom. The van der Waals surface area contributed by atoms with Gasteiger partial charge in [-0.15, -0.1) is 0 Å². The molecular weight excluding hydrogens is 210 g/mol. The highest BCUT2D eigenvalue weighted by molar-refractivity contribution is 7.87. The van der Waals surface area contributed by atoms with E-state index in [9.17, 15) is 8.42 Å². The average molecular weight is 227 g/mol. The molecule has 0 rings (SSSR count). The number of rotatable bonds is 6. The zero-order valence-corrected chi connectivity index (χ0v) is 9.37. The Bertz CT molecular complexity index is 255. The Balaban J connectivity index is 5.16. The van der Waals surface area contributed by atoms with Gasteiger partial charge in [0.25, 0.3) is 0 Å². The fraction of sp³-hybridized carbons (Fsp3) is 1.00. The average Bonchev–Trinajstić information content (AvgIpc) is 2.01. The normalized spacial score (nSPS) is 15.5. The molecule has 0 aromatic heterocycles. The molecule has 86 valence electrons. The molecule has 0 fully saturated rings. The summed E-state index contributed by atoms with van der Waals surface area (Å²) in [6.07, 6.45) is 0. The fourth-order valence-electron chi connectivity index (χ4n) is 1.09. The molecule has 0 radical (unpaired) electrons. The van der Waals surface area contributed by atoms with Crippen molar-refractivity contribution in [3.63, 3.8) is 0 Å². The van der Waals surface area contributed by atoms with Gasteiger partial charge in [-0.3, -0.25) is 4.55 Å². The van der Waals surface area contributed by atoms with Crippen LogP contribution in [0.4, 0.5) is 0 Å². The van der Waals surface area contributed by atoms with Crippen molar-refractivity contribution in [3.05, 3.63) is 0 Å². The summed E-state index contributed by atoms with van der Waals surface area (Å²) < 4.78 is 41.0. The van der Waals surface area contributed by atoms with E-state index in [4.69, 9.17) is 19.8 Å². The first-order chi connectivity index (χ1) is 6.31. The van der Waals surface area contributed by atoms with Crippen LogP contribution in [0.25, 0.3) is 0 Å². The van der Waals surface area contributed by atoms with E-state index in [1.165, 1.54) is 6.92 Å². The van der Waals surface area contributed by atoms with Gasteiger partial charge in [0.15, 0.2) is 0 Å². The lowest BCUT2D eigenvalue weighted by molar-refractivity contribution is -0.185. The van der Waals surface area contributed by atoms with Crippen LogP contribution in [-0.2, 0) is 19.6 Å². The molecular formula is C7H17NO5S. The predicted octanol–water partition coefficient (Wildman–Crippen LogP) is -0.0518. The number of nitrogens with two attached hydrogens (primary N) is 1. The Kier molecular flexibility index (Phi) is 4.96. The third-order valence-electron chi connectivity index (χ3n) is 1.61. The first-order valence-electron chi connectivity index (χ1n) is 4.32. The van der Waals surface area contributed by atoms with Crippen LogP contribution in [0.3, 0.4) is 0 Å². The third kappa shape index (κ3) is 2.64. The fourth-order valence-corrected chi connectivity index (χ4v) is 2.09. The largest absolute Gasteiger partial charge is 0.335 e. The maximum Gasteiger partial charge on any atom is 0.323 e. The summed E-state index contributed by atoms with van der Waals surface area (Å²) in [5.74, 6) is 0. The first-order valence-corrected chi connectivity index (χ1v) is 5.76. The second-order valence-electron chi connectivity index (χ2n) is 2.73. The minimum absolute atomic E-state index is 0.0708. The SMILES string of the molecule is CCOC(OCC)(C(C)N)S(=O)(=O)O. The molecule has 0 aromatic rings. The van der Waals surface area contributed by atoms with Crippen molar-refractivity contribution in [1.82, 2.24) is 0 Å². The molecule has 0 saturated carbocycles. The van der Waals surface area contributed by atoms with Gasteiger partial charge in [-0.05, 0) is 20.8 Å². The van der Waals surface area contributed by atoms with Crippen LogP contribution in [0, 0.1) is 0 Å². The molecule has 0 bridgehead atoms. The lowest BCUT2D eigenvalue weighted by Gasteiger charge is -2.32. The monoisotopic (exact) mass is 227 g/mol. The van der Waals surface area contributed by atoms with Gasteiger partial charge in [0.1, 0.15) is 0 Å². The topological polar surface area (TPSA) is 98.9 Å². The van der Waals surface area contributed by atoms with E-state index >= 15 is 0 Å². The van der Waals surface area contributed by atoms with Crippen molar-refractivity contribution in [2.75, 3.05) is 13.2 Å². The molecule has 0 amide bonds. The maximum atomic E-state index is 11.1. The third-order valence-corrected chi connectivity index (χ3v) is 2.93. The highest BCUT2D eigenvalue weighted by atomic mass is 32.2. The van der Waals surface area contributed by atoms with Gasteiger partial charge in [0.2, 0.25) is 0 Å². The molecule has 7 heteroatoms. The van der Waals surface area contributed by atoms with Crippen molar-refractivity contribution in [1.29, 1.82) is 0 Å². The van der Waals surface area contributed by atoms with Crippen molar-refractivity contribution >= 4 is 10.1 Å². The minimum Gasteiger partial charge on any atom is -0.335 e. The lowest BCUT2D eigenvalue weighted by atomic mass is 10.3. The highest BCUT2D eigenvalue weighted by Crippen LogP contribution is 2.23. The molecule has 0 aliphatic heterocycles. The van der Waals surface area contributed by atoms with Crippen LogP contribution in [-0.4, -0.2) is 37.3 Å². The van der Waals surface area contributed by atoms with Crippen molar-refractivity contribution < 1.29 is 22.4 Å². The quantitative estimate of drug-likeness (QED) is 0.487. The van der Waals surface area contributed by atoms with Crippen LogP contribution in [0.5, 0.6) is 0 Å². The standard InChI is InChI=1S/C7H17NO5S/c1-4-12-7(6(3)8,13-5-2)14(9,10)11/h6H,4-5,8H2,1-3H3,(H,9,10,11). The van der Waals surface area contributed by atoms with Crippen molar-refractivity contribution in [3.8, 4) is 0 Å². The Labute approximate surface area is 84.1 Å². The van der Waals surface area contributed by atoms with Crippen LogP contribution in [0.15, 0.2) is 0 Å². The van der Waals surface area contributed by atoms with Crippen LogP contribution < -0.4 is 5.73 Å². The number of hydrogen-bond acceptors (Lipinski definition) is 5. The summed E-state index contributed by atoms with van der Waals surface area (Å²) in [5.41, 5.74) is 5.44. The van der Waals surface area contributed by atoms with Crippen LogP contribution in [0.1, 0.15) is 20.8 Å². The Morgan fingerprint density at radius 2 is 1.71 bits per heavy atom. The molecule has 1 atom stereocenters.